The Morgan fingerprint density at radius 3 is 2.86 bits per heavy atom. The molecular formula is C10H13NO2S. The monoisotopic (exact) mass is 211 g/mol. The molecule has 0 spiro atoms. The Morgan fingerprint density at radius 2 is 2.14 bits per heavy atom. The second-order valence-corrected chi connectivity index (χ2v) is 5.63. The molecule has 0 aliphatic carbocycles. The minimum Gasteiger partial charge on any atom is -0.330 e. The van der Waals surface area contributed by atoms with Crippen LogP contribution >= 0.6 is 0 Å². The van der Waals surface area contributed by atoms with Gasteiger partial charge in [0.15, 0.2) is 9.84 Å². The van der Waals surface area contributed by atoms with E-state index in [1.807, 2.05) is 12.1 Å². The first-order chi connectivity index (χ1) is 6.63. The maximum Gasteiger partial charge on any atom is 0.178 e. The van der Waals surface area contributed by atoms with Crippen molar-refractivity contribution in [2.75, 3.05) is 12.3 Å². The van der Waals surface area contributed by atoms with Crippen LogP contribution in [-0.2, 0) is 22.7 Å². The van der Waals surface area contributed by atoms with Crippen LogP contribution in [0.25, 0.3) is 0 Å². The van der Waals surface area contributed by atoms with E-state index < -0.39 is 9.84 Å². The maximum absolute atomic E-state index is 11.5. The summed E-state index contributed by atoms with van der Waals surface area (Å²) in [6.07, 6.45) is 1.46. The van der Waals surface area contributed by atoms with Crippen LogP contribution in [0.1, 0.15) is 11.1 Å². The van der Waals surface area contributed by atoms with Gasteiger partial charge in [-0.25, -0.2) is 8.42 Å². The molecule has 2 rings (SSSR count). The number of rotatable bonds is 2. The molecule has 1 aliphatic heterocycles. The molecule has 0 unspecified atom stereocenters. The van der Waals surface area contributed by atoms with E-state index in [0.717, 1.165) is 17.5 Å². The first-order valence-electron chi connectivity index (χ1n) is 4.68. The average Bonchev–Trinajstić information content (AvgIpc) is 2.43. The number of fused-ring (bicyclic) bond motifs is 1. The van der Waals surface area contributed by atoms with E-state index in [2.05, 4.69) is 0 Å². The van der Waals surface area contributed by atoms with Gasteiger partial charge in [-0.2, -0.15) is 0 Å². The average molecular weight is 211 g/mol. The number of sulfone groups is 1. The molecule has 0 radical (unpaired) electrons. The molecule has 0 fully saturated rings. The van der Waals surface area contributed by atoms with Crippen LogP contribution in [0.15, 0.2) is 23.1 Å². The van der Waals surface area contributed by atoms with Crippen molar-refractivity contribution in [3.63, 3.8) is 0 Å². The summed E-state index contributed by atoms with van der Waals surface area (Å²) in [7, 11) is -2.97. The van der Waals surface area contributed by atoms with E-state index in [1.54, 1.807) is 6.07 Å². The fourth-order valence-corrected chi connectivity index (χ4v) is 3.35. The molecule has 0 aromatic heterocycles. The standard InChI is InChI=1S/C10H13NO2S/c11-5-3-8-1-2-10-9(7-8)4-6-14(10,12)13/h1-2,7H,3-6,11H2. The van der Waals surface area contributed by atoms with E-state index in [0.29, 0.717) is 17.9 Å². The normalized spacial score (nSPS) is 18.1. The highest BCUT2D eigenvalue weighted by Gasteiger charge is 2.25. The highest BCUT2D eigenvalue weighted by atomic mass is 32.2. The van der Waals surface area contributed by atoms with Gasteiger partial charge in [0.25, 0.3) is 0 Å². The van der Waals surface area contributed by atoms with Gasteiger partial charge in [0.05, 0.1) is 10.6 Å². The van der Waals surface area contributed by atoms with Crippen molar-refractivity contribution in [2.45, 2.75) is 17.7 Å². The summed E-state index contributed by atoms with van der Waals surface area (Å²) in [5, 5.41) is 0. The van der Waals surface area contributed by atoms with Crippen molar-refractivity contribution in [1.82, 2.24) is 0 Å². The van der Waals surface area contributed by atoms with Gasteiger partial charge in [-0.05, 0) is 36.6 Å². The van der Waals surface area contributed by atoms with Crippen molar-refractivity contribution in [3.8, 4) is 0 Å². The van der Waals surface area contributed by atoms with Crippen molar-refractivity contribution in [1.29, 1.82) is 0 Å². The van der Waals surface area contributed by atoms with Gasteiger partial charge in [0, 0.05) is 0 Å². The highest BCUT2D eigenvalue weighted by molar-refractivity contribution is 7.91. The molecular weight excluding hydrogens is 198 g/mol. The summed E-state index contributed by atoms with van der Waals surface area (Å²) in [5.41, 5.74) is 7.52. The van der Waals surface area contributed by atoms with E-state index in [4.69, 9.17) is 5.73 Å². The molecule has 1 aromatic rings. The lowest BCUT2D eigenvalue weighted by molar-refractivity contribution is 0.600. The summed E-state index contributed by atoms with van der Waals surface area (Å²) < 4.78 is 23.0. The maximum atomic E-state index is 11.5. The predicted octanol–water partition coefficient (Wildman–Crippen LogP) is 0.518. The van der Waals surface area contributed by atoms with Crippen LogP contribution in [0.3, 0.4) is 0 Å². The fourth-order valence-electron chi connectivity index (χ4n) is 1.81. The van der Waals surface area contributed by atoms with Gasteiger partial charge in [-0.15, -0.1) is 0 Å². The summed E-state index contributed by atoms with van der Waals surface area (Å²) in [6, 6.07) is 5.53. The zero-order valence-electron chi connectivity index (χ0n) is 7.86. The van der Waals surface area contributed by atoms with Gasteiger partial charge in [-0.3, -0.25) is 0 Å². The Morgan fingerprint density at radius 1 is 1.36 bits per heavy atom. The van der Waals surface area contributed by atoms with Gasteiger partial charge < -0.3 is 5.73 Å². The van der Waals surface area contributed by atoms with E-state index in [9.17, 15) is 8.42 Å². The Labute approximate surface area is 83.9 Å². The van der Waals surface area contributed by atoms with Crippen LogP contribution in [0, 0.1) is 0 Å². The third-order valence-electron chi connectivity index (χ3n) is 2.53. The molecule has 0 amide bonds. The van der Waals surface area contributed by atoms with Crippen LogP contribution in [0.5, 0.6) is 0 Å². The minimum atomic E-state index is -2.97. The lowest BCUT2D eigenvalue weighted by atomic mass is 10.1. The van der Waals surface area contributed by atoms with Crippen molar-refractivity contribution >= 4 is 9.84 Å². The second kappa shape index (κ2) is 3.37. The molecule has 3 nitrogen and oxygen atoms in total. The van der Waals surface area contributed by atoms with Gasteiger partial charge in [0.1, 0.15) is 0 Å². The lowest BCUT2D eigenvalue weighted by Crippen LogP contribution is -2.03. The van der Waals surface area contributed by atoms with Crippen molar-refractivity contribution in [2.24, 2.45) is 5.73 Å². The largest absolute Gasteiger partial charge is 0.330 e. The number of hydrogen-bond donors (Lipinski definition) is 1. The fraction of sp³-hybridized carbons (Fsp3) is 0.400. The predicted molar refractivity (Wildman–Crippen MR) is 55.0 cm³/mol. The molecule has 0 atom stereocenters. The van der Waals surface area contributed by atoms with Gasteiger partial charge in [0.2, 0.25) is 0 Å². The van der Waals surface area contributed by atoms with E-state index in [1.165, 1.54) is 0 Å². The number of hydrogen-bond acceptors (Lipinski definition) is 3. The van der Waals surface area contributed by atoms with E-state index in [-0.39, 0.29) is 5.75 Å². The molecule has 0 saturated carbocycles. The number of benzene rings is 1. The third kappa shape index (κ3) is 1.55. The smallest absolute Gasteiger partial charge is 0.178 e. The van der Waals surface area contributed by atoms with Gasteiger partial charge in [-0.1, -0.05) is 12.1 Å². The van der Waals surface area contributed by atoms with Gasteiger partial charge >= 0.3 is 0 Å². The molecule has 1 aliphatic rings. The molecule has 2 N–H and O–H groups in total. The summed E-state index contributed by atoms with van der Waals surface area (Å²) in [6.45, 7) is 0.603. The van der Waals surface area contributed by atoms with E-state index >= 15 is 0 Å². The first kappa shape index (κ1) is 9.68. The third-order valence-corrected chi connectivity index (χ3v) is 4.34. The Balaban J connectivity index is 2.44. The SMILES string of the molecule is NCCc1ccc2c(c1)CCS2(=O)=O. The lowest BCUT2D eigenvalue weighted by Gasteiger charge is -2.02. The van der Waals surface area contributed by atoms with Crippen LogP contribution in [0.4, 0.5) is 0 Å². The van der Waals surface area contributed by atoms with Crippen LogP contribution in [-0.4, -0.2) is 20.7 Å². The summed E-state index contributed by atoms with van der Waals surface area (Å²) in [5.74, 6) is 0.258. The molecule has 1 heterocycles. The van der Waals surface area contributed by atoms with Crippen molar-refractivity contribution < 1.29 is 8.42 Å². The molecule has 14 heavy (non-hydrogen) atoms. The second-order valence-electron chi connectivity index (χ2n) is 3.55. The molecule has 4 heteroatoms. The molecule has 0 bridgehead atoms. The zero-order valence-corrected chi connectivity index (χ0v) is 8.68. The van der Waals surface area contributed by atoms with Crippen LogP contribution < -0.4 is 5.73 Å². The highest BCUT2D eigenvalue weighted by Crippen LogP contribution is 2.26. The Hall–Kier alpha value is -0.870. The number of aryl methyl sites for hydroxylation is 1. The molecule has 1 aromatic carbocycles. The first-order valence-corrected chi connectivity index (χ1v) is 6.33. The van der Waals surface area contributed by atoms with Crippen molar-refractivity contribution in [3.05, 3.63) is 29.3 Å². The number of nitrogens with two attached hydrogens (primary N) is 1. The Kier molecular flexibility index (Phi) is 2.33. The zero-order chi connectivity index (χ0) is 10.2. The molecule has 0 saturated heterocycles. The quantitative estimate of drug-likeness (QED) is 0.775. The van der Waals surface area contributed by atoms with Crippen LogP contribution in [0.2, 0.25) is 0 Å². The summed E-state index contributed by atoms with van der Waals surface area (Å²) >= 11 is 0. The minimum absolute atomic E-state index is 0.258. The Bertz CT molecular complexity index is 451. The summed E-state index contributed by atoms with van der Waals surface area (Å²) in [4.78, 5) is 0.512. The molecule has 76 valence electrons. The topological polar surface area (TPSA) is 60.2 Å².